The molecule has 0 radical (unpaired) electrons. The highest BCUT2D eigenvalue weighted by molar-refractivity contribution is 6.18. The molecule has 5 nitrogen and oxygen atoms in total. The van der Waals surface area contributed by atoms with Crippen molar-refractivity contribution in [2.45, 2.75) is 45.6 Å². The average Bonchev–Trinajstić information content (AvgIpc) is 2.82. The molecule has 0 N–H and O–H groups in total. The van der Waals surface area contributed by atoms with Crippen LogP contribution in [0.25, 0.3) is 0 Å². The van der Waals surface area contributed by atoms with Crippen LogP contribution in [0.2, 0.25) is 0 Å². The van der Waals surface area contributed by atoms with Crippen LogP contribution in [0.1, 0.15) is 49.8 Å². The predicted octanol–water partition coefficient (Wildman–Crippen LogP) is 5.28. The third kappa shape index (κ3) is 5.10. The number of amides is 1. The maximum atomic E-state index is 13.1. The van der Waals surface area contributed by atoms with Crippen molar-refractivity contribution in [2.75, 3.05) is 31.1 Å². The number of piperidine rings is 1. The molecule has 2 aromatic carbocycles. The molecule has 4 rings (SSSR count). The van der Waals surface area contributed by atoms with Gasteiger partial charge in [-0.1, -0.05) is 60.1 Å². The van der Waals surface area contributed by atoms with Crippen molar-refractivity contribution in [3.63, 3.8) is 0 Å². The maximum Gasteiger partial charge on any atom is 0.257 e. The van der Waals surface area contributed by atoms with E-state index < -0.39 is 0 Å². The highest BCUT2D eigenvalue weighted by atomic mass is 16.6. The van der Waals surface area contributed by atoms with Gasteiger partial charge in [0, 0.05) is 17.8 Å². The summed E-state index contributed by atoms with van der Waals surface area (Å²) in [5.74, 6) is 0.0211. The van der Waals surface area contributed by atoms with E-state index in [0.29, 0.717) is 6.61 Å². The highest BCUT2D eigenvalue weighted by Gasteiger charge is 2.44. The monoisotopic (exact) mass is 431 g/mol. The number of carbonyl (C=O) groups is 1. The number of anilines is 1. The molecule has 2 aliphatic heterocycles. The Morgan fingerprint density at radius 2 is 1.78 bits per heavy atom. The largest absolute Gasteiger partial charge is 0.396 e. The number of allylic oxidation sites excluding steroid dienone is 1. The van der Waals surface area contributed by atoms with Gasteiger partial charge in [0.2, 0.25) is 0 Å². The highest BCUT2D eigenvalue weighted by Crippen LogP contribution is 2.44. The van der Waals surface area contributed by atoms with E-state index in [2.05, 4.69) is 22.2 Å². The van der Waals surface area contributed by atoms with E-state index in [1.165, 1.54) is 32.4 Å². The third-order valence-electron chi connectivity index (χ3n) is 6.24. The van der Waals surface area contributed by atoms with Crippen LogP contribution in [0.3, 0.4) is 0 Å². The Bertz CT molecular complexity index is 977. The maximum absolute atomic E-state index is 13.1. The first-order valence-corrected chi connectivity index (χ1v) is 11.7. The van der Waals surface area contributed by atoms with Gasteiger partial charge in [0.05, 0.1) is 11.8 Å². The van der Waals surface area contributed by atoms with Gasteiger partial charge < -0.3 is 9.74 Å². The lowest BCUT2D eigenvalue weighted by Crippen LogP contribution is -2.49. The zero-order valence-electron chi connectivity index (χ0n) is 19.2. The first kappa shape index (κ1) is 22.3. The van der Waals surface area contributed by atoms with Gasteiger partial charge in [-0.25, -0.2) is 0 Å². The van der Waals surface area contributed by atoms with Gasteiger partial charge in [-0.2, -0.15) is 0 Å². The Balaban J connectivity index is 1.43. The van der Waals surface area contributed by atoms with E-state index in [4.69, 9.17) is 4.84 Å². The van der Waals surface area contributed by atoms with Gasteiger partial charge in [-0.05, 0) is 69.5 Å². The molecular weight excluding hydrogens is 398 g/mol. The average molecular weight is 432 g/mol. The van der Waals surface area contributed by atoms with Crippen molar-refractivity contribution >= 4 is 17.3 Å². The zero-order valence-corrected chi connectivity index (χ0v) is 19.2. The van der Waals surface area contributed by atoms with Crippen LogP contribution < -0.4 is 4.90 Å². The molecule has 2 heterocycles. The molecule has 0 aliphatic carbocycles. The normalized spacial score (nSPS) is 21.0. The number of aryl methyl sites for hydroxylation is 1. The molecular formula is C27H33N3O2. The van der Waals surface area contributed by atoms with Crippen LogP contribution in [0.5, 0.6) is 0 Å². The number of nitrogens with zero attached hydrogens (tertiary/aromatic N) is 3. The van der Waals surface area contributed by atoms with Crippen LogP contribution in [-0.4, -0.2) is 42.8 Å². The van der Waals surface area contributed by atoms with Crippen LogP contribution in [-0.2, 0) is 9.63 Å². The molecule has 1 unspecified atom stereocenters. The Morgan fingerprint density at radius 3 is 2.53 bits per heavy atom. The number of carbonyl (C=O) groups excluding carboxylic acids is 1. The molecule has 2 fully saturated rings. The molecule has 0 aromatic heterocycles. The molecule has 2 saturated heterocycles. The van der Waals surface area contributed by atoms with Crippen molar-refractivity contribution in [1.82, 2.24) is 4.90 Å². The van der Waals surface area contributed by atoms with Gasteiger partial charge in [-0.15, -0.1) is 0 Å². The molecule has 168 valence electrons. The minimum Gasteiger partial charge on any atom is -0.396 e. The van der Waals surface area contributed by atoms with Gasteiger partial charge in [0.1, 0.15) is 6.61 Å². The molecule has 0 saturated carbocycles. The van der Waals surface area contributed by atoms with Crippen molar-refractivity contribution < 1.29 is 9.63 Å². The third-order valence-corrected chi connectivity index (χ3v) is 6.24. The number of rotatable bonds is 8. The quantitative estimate of drug-likeness (QED) is 0.188. The number of hydrogen-bond acceptors (Lipinski definition) is 4. The second-order valence-electron chi connectivity index (χ2n) is 8.70. The topological polar surface area (TPSA) is 45.1 Å². The van der Waals surface area contributed by atoms with E-state index in [-0.39, 0.29) is 11.9 Å². The van der Waals surface area contributed by atoms with Crippen LogP contribution in [0.4, 0.5) is 5.69 Å². The molecule has 1 atom stereocenters. The number of para-hydroxylation sites is 1. The summed E-state index contributed by atoms with van der Waals surface area (Å²) in [6, 6.07) is 18.1. The van der Waals surface area contributed by atoms with Crippen molar-refractivity contribution in [1.29, 1.82) is 0 Å². The second kappa shape index (κ2) is 10.6. The van der Waals surface area contributed by atoms with E-state index in [9.17, 15) is 4.79 Å². The molecule has 5 heteroatoms. The van der Waals surface area contributed by atoms with E-state index in [0.717, 1.165) is 41.1 Å². The van der Waals surface area contributed by atoms with Gasteiger partial charge in [0.25, 0.3) is 5.91 Å². The van der Waals surface area contributed by atoms with Crippen molar-refractivity contribution in [3.05, 3.63) is 77.4 Å². The summed E-state index contributed by atoms with van der Waals surface area (Å²) in [6.45, 7) is 8.00. The summed E-state index contributed by atoms with van der Waals surface area (Å²) in [7, 11) is 0. The predicted molar refractivity (Wildman–Crippen MR) is 130 cm³/mol. The number of likely N-dealkylation sites (tertiary alicyclic amines) is 1. The second-order valence-corrected chi connectivity index (χ2v) is 8.70. The number of oxime groups is 1. The molecule has 0 bridgehead atoms. The fourth-order valence-electron chi connectivity index (χ4n) is 4.57. The van der Waals surface area contributed by atoms with Crippen LogP contribution in [0, 0.1) is 6.92 Å². The molecule has 0 spiro atoms. The Labute approximate surface area is 191 Å². The molecule has 32 heavy (non-hydrogen) atoms. The summed E-state index contributed by atoms with van der Waals surface area (Å²) in [5.41, 5.74) is 4.60. The van der Waals surface area contributed by atoms with E-state index in [1.807, 2.05) is 67.3 Å². The fourth-order valence-corrected chi connectivity index (χ4v) is 4.57. The van der Waals surface area contributed by atoms with Crippen LogP contribution >= 0.6 is 0 Å². The molecule has 2 aromatic rings. The SMILES string of the molecule is CC(/C=C1/C(=O)N(c2ccccc2C)C1c1ccccc1)=NOCCCN1CCCCC1. The van der Waals surface area contributed by atoms with Crippen molar-refractivity contribution in [3.8, 4) is 0 Å². The fraction of sp³-hybridized carbons (Fsp3) is 0.407. The smallest absolute Gasteiger partial charge is 0.257 e. The van der Waals surface area contributed by atoms with Gasteiger partial charge in [0.15, 0.2) is 0 Å². The first-order chi connectivity index (χ1) is 15.6. The zero-order chi connectivity index (χ0) is 22.3. The number of hydrogen-bond donors (Lipinski definition) is 0. The summed E-state index contributed by atoms with van der Waals surface area (Å²) in [6.07, 6.45) is 6.82. The Hall–Kier alpha value is -2.92. The van der Waals surface area contributed by atoms with Gasteiger partial charge >= 0.3 is 0 Å². The summed E-state index contributed by atoms with van der Waals surface area (Å²) >= 11 is 0. The lowest BCUT2D eigenvalue weighted by atomic mass is 9.86. The number of β-lactam (4-membered cyclic amide) rings is 1. The number of benzene rings is 2. The lowest BCUT2D eigenvalue weighted by Gasteiger charge is -2.43. The minimum absolute atomic E-state index is 0.0211. The lowest BCUT2D eigenvalue weighted by molar-refractivity contribution is -0.119. The summed E-state index contributed by atoms with van der Waals surface area (Å²) < 4.78 is 0. The molecule has 2 aliphatic rings. The Morgan fingerprint density at radius 1 is 1.06 bits per heavy atom. The summed E-state index contributed by atoms with van der Waals surface area (Å²) in [4.78, 5) is 23.1. The molecule has 1 amide bonds. The van der Waals surface area contributed by atoms with E-state index in [1.54, 1.807) is 0 Å². The summed E-state index contributed by atoms with van der Waals surface area (Å²) in [5, 5.41) is 4.26. The van der Waals surface area contributed by atoms with Gasteiger partial charge in [-0.3, -0.25) is 9.69 Å². The minimum atomic E-state index is -0.117. The van der Waals surface area contributed by atoms with Crippen molar-refractivity contribution in [2.24, 2.45) is 5.16 Å². The van der Waals surface area contributed by atoms with E-state index >= 15 is 0 Å². The first-order valence-electron chi connectivity index (χ1n) is 11.7. The van der Waals surface area contributed by atoms with Crippen LogP contribution in [0.15, 0.2) is 71.4 Å². The standard InChI is InChI=1S/C27H33N3O2/c1-21-12-7-8-15-25(21)30-26(23-13-5-3-6-14-23)24(27(30)31)20-22(2)28-32-19-11-18-29-16-9-4-10-17-29/h3,5-8,12-15,20,26H,4,9-11,16-19H2,1-2H3/b24-20+,28-22?. The Kier molecular flexibility index (Phi) is 7.38.